The average Bonchev–Trinajstić information content (AvgIpc) is 2.99. The third kappa shape index (κ3) is 4.29. The minimum atomic E-state index is -0.128. The van der Waals surface area contributed by atoms with Crippen molar-refractivity contribution in [1.82, 2.24) is 4.90 Å². The van der Waals surface area contributed by atoms with Crippen LogP contribution in [0.15, 0.2) is 30.3 Å². The molecule has 4 nitrogen and oxygen atoms in total. The molecule has 0 N–H and O–H groups in total. The quantitative estimate of drug-likeness (QED) is 0.701. The summed E-state index contributed by atoms with van der Waals surface area (Å²) in [5, 5.41) is 0. The number of carbonyl (C=O) groups excluding carboxylic acids is 1. The lowest BCUT2D eigenvalue weighted by Gasteiger charge is -2.39. The minimum absolute atomic E-state index is 0.128. The summed E-state index contributed by atoms with van der Waals surface area (Å²) >= 11 is 0. The van der Waals surface area contributed by atoms with Gasteiger partial charge >= 0.3 is 0 Å². The summed E-state index contributed by atoms with van der Waals surface area (Å²) in [6, 6.07) is 10.1. The lowest BCUT2D eigenvalue weighted by molar-refractivity contribution is -0.128. The molecule has 1 aromatic rings. The number of amides is 1. The number of nitrogens with zero attached hydrogens (tertiary/aromatic N) is 2. The molecule has 1 spiro atoms. The molecule has 0 bridgehead atoms. The first-order valence-electron chi connectivity index (χ1n) is 10.4. The molecular weight excluding hydrogens is 324 g/mol. The molecule has 1 unspecified atom stereocenters. The summed E-state index contributed by atoms with van der Waals surface area (Å²) in [7, 11) is 0. The van der Waals surface area contributed by atoms with E-state index in [0.717, 1.165) is 77.0 Å². The maximum Gasteiger partial charge on any atom is 0.233 e. The van der Waals surface area contributed by atoms with Gasteiger partial charge in [0.25, 0.3) is 0 Å². The number of rotatable bonds is 8. The van der Waals surface area contributed by atoms with Crippen LogP contribution in [0.3, 0.4) is 0 Å². The molecule has 2 heterocycles. The number of hydrogen-bond donors (Lipinski definition) is 0. The molecule has 2 aliphatic heterocycles. The molecule has 0 saturated carbocycles. The standard InChI is InChI=1S/C22H34N2O2/c1-3-8-20(26-17-4-2)18-23-14-11-22(12-15-23)13-16-24(21(22)25)19-9-6-5-7-10-19/h5-7,9-10,20H,3-4,8,11-18H2,1-2H3. The Morgan fingerprint density at radius 3 is 2.38 bits per heavy atom. The molecule has 3 rings (SSSR count). The maximum absolute atomic E-state index is 13.1. The molecule has 144 valence electrons. The monoisotopic (exact) mass is 358 g/mol. The van der Waals surface area contributed by atoms with Crippen molar-refractivity contribution >= 4 is 11.6 Å². The van der Waals surface area contributed by atoms with Gasteiger partial charge in [-0.3, -0.25) is 4.79 Å². The first-order valence-corrected chi connectivity index (χ1v) is 10.4. The van der Waals surface area contributed by atoms with Crippen LogP contribution in [0.2, 0.25) is 0 Å². The van der Waals surface area contributed by atoms with Crippen molar-refractivity contribution in [3.05, 3.63) is 30.3 Å². The number of ether oxygens (including phenoxy) is 1. The second-order valence-electron chi connectivity index (χ2n) is 7.90. The zero-order valence-electron chi connectivity index (χ0n) is 16.5. The van der Waals surface area contributed by atoms with Gasteiger partial charge in [-0.25, -0.2) is 0 Å². The Kier molecular flexibility index (Phi) is 6.71. The van der Waals surface area contributed by atoms with Gasteiger partial charge in [0, 0.05) is 25.4 Å². The first kappa shape index (κ1) is 19.4. The lowest BCUT2D eigenvalue weighted by Crippen LogP contribution is -2.47. The van der Waals surface area contributed by atoms with Gasteiger partial charge in [-0.1, -0.05) is 38.5 Å². The van der Waals surface area contributed by atoms with E-state index < -0.39 is 0 Å². The zero-order chi connectivity index (χ0) is 18.4. The molecule has 0 aliphatic carbocycles. The van der Waals surface area contributed by atoms with Crippen molar-refractivity contribution in [2.45, 2.75) is 58.5 Å². The van der Waals surface area contributed by atoms with E-state index in [1.165, 1.54) is 0 Å². The van der Waals surface area contributed by atoms with Gasteiger partial charge in [0.1, 0.15) is 0 Å². The highest BCUT2D eigenvalue weighted by Gasteiger charge is 2.48. The fraction of sp³-hybridized carbons (Fsp3) is 0.682. The van der Waals surface area contributed by atoms with Crippen LogP contribution in [-0.4, -0.2) is 49.7 Å². The van der Waals surface area contributed by atoms with Crippen molar-refractivity contribution in [3.8, 4) is 0 Å². The number of piperidine rings is 1. The van der Waals surface area contributed by atoms with E-state index in [0.29, 0.717) is 12.0 Å². The van der Waals surface area contributed by atoms with Crippen molar-refractivity contribution in [2.75, 3.05) is 37.7 Å². The van der Waals surface area contributed by atoms with E-state index in [1.807, 2.05) is 35.2 Å². The lowest BCUT2D eigenvalue weighted by atomic mass is 9.77. The third-order valence-electron chi connectivity index (χ3n) is 6.02. The topological polar surface area (TPSA) is 32.8 Å². The summed E-state index contributed by atoms with van der Waals surface area (Å²) in [4.78, 5) is 17.7. The molecular formula is C22H34N2O2. The molecule has 1 aromatic carbocycles. The fourth-order valence-corrected chi connectivity index (χ4v) is 4.42. The first-order chi connectivity index (χ1) is 12.7. The van der Waals surface area contributed by atoms with Crippen molar-refractivity contribution < 1.29 is 9.53 Å². The molecule has 2 saturated heterocycles. The number of anilines is 1. The van der Waals surface area contributed by atoms with E-state index >= 15 is 0 Å². The predicted octanol–water partition coefficient (Wildman–Crippen LogP) is 4.10. The average molecular weight is 359 g/mol. The molecule has 0 radical (unpaired) electrons. The minimum Gasteiger partial charge on any atom is -0.377 e. The summed E-state index contributed by atoms with van der Waals surface area (Å²) in [6.45, 7) is 9.16. The summed E-state index contributed by atoms with van der Waals surface area (Å²) in [6.07, 6.45) is 6.68. The highest BCUT2D eigenvalue weighted by molar-refractivity contribution is 5.99. The molecule has 1 atom stereocenters. The van der Waals surface area contributed by atoms with Crippen molar-refractivity contribution in [1.29, 1.82) is 0 Å². The smallest absolute Gasteiger partial charge is 0.233 e. The third-order valence-corrected chi connectivity index (χ3v) is 6.02. The number of hydrogen-bond acceptors (Lipinski definition) is 3. The Balaban J connectivity index is 1.55. The maximum atomic E-state index is 13.1. The van der Waals surface area contributed by atoms with Gasteiger partial charge in [0.05, 0.1) is 11.5 Å². The second kappa shape index (κ2) is 9.01. The van der Waals surface area contributed by atoms with Gasteiger partial charge in [-0.05, 0) is 57.3 Å². The molecule has 26 heavy (non-hydrogen) atoms. The van der Waals surface area contributed by atoms with E-state index in [4.69, 9.17) is 4.74 Å². The Hall–Kier alpha value is -1.39. The van der Waals surface area contributed by atoms with Crippen LogP contribution < -0.4 is 4.90 Å². The van der Waals surface area contributed by atoms with E-state index in [9.17, 15) is 4.79 Å². The van der Waals surface area contributed by atoms with Crippen LogP contribution in [0.5, 0.6) is 0 Å². The van der Waals surface area contributed by atoms with E-state index in [1.54, 1.807) is 0 Å². The normalized spacial score (nSPS) is 21.5. The molecule has 4 heteroatoms. The summed E-state index contributed by atoms with van der Waals surface area (Å²) in [5.41, 5.74) is 0.921. The Bertz CT molecular complexity index is 567. The van der Waals surface area contributed by atoms with Crippen LogP contribution in [-0.2, 0) is 9.53 Å². The number of para-hydroxylation sites is 1. The number of benzene rings is 1. The van der Waals surface area contributed by atoms with Gasteiger partial charge in [-0.2, -0.15) is 0 Å². The van der Waals surface area contributed by atoms with Gasteiger partial charge < -0.3 is 14.5 Å². The van der Waals surface area contributed by atoms with Gasteiger partial charge in [0.2, 0.25) is 5.91 Å². The molecule has 2 fully saturated rings. The summed E-state index contributed by atoms with van der Waals surface area (Å²) in [5.74, 6) is 0.343. The highest BCUT2D eigenvalue weighted by atomic mass is 16.5. The predicted molar refractivity (Wildman–Crippen MR) is 106 cm³/mol. The van der Waals surface area contributed by atoms with Crippen molar-refractivity contribution in [2.24, 2.45) is 5.41 Å². The number of likely N-dealkylation sites (tertiary alicyclic amines) is 1. The van der Waals surface area contributed by atoms with Crippen LogP contribution in [0, 0.1) is 5.41 Å². The molecule has 2 aliphatic rings. The summed E-state index contributed by atoms with van der Waals surface area (Å²) < 4.78 is 6.03. The van der Waals surface area contributed by atoms with E-state index in [-0.39, 0.29) is 5.41 Å². The zero-order valence-corrected chi connectivity index (χ0v) is 16.5. The van der Waals surface area contributed by atoms with Crippen LogP contribution in [0.4, 0.5) is 5.69 Å². The number of carbonyl (C=O) groups is 1. The largest absolute Gasteiger partial charge is 0.377 e. The Morgan fingerprint density at radius 2 is 1.73 bits per heavy atom. The molecule has 1 amide bonds. The fourth-order valence-electron chi connectivity index (χ4n) is 4.42. The van der Waals surface area contributed by atoms with Gasteiger partial charge in [-0.15, -0.1) is 0 Å². The van der Waals surface area contributed by atoms with Crippen LogP contribution in [0.25, 0.3) is 0 Å². The Morgan fingerprint density at radius 1 is 1.04 bits per heavy atom. The Labute approximate surface area is 158 Å². The highest BCUT2D eigenvalue weighted by Crippen LogP contribution is 2.43. The van der Waals surface area contributed by atoms with E-state index in [2.05, 4.69) is 18.7 Å². The SMILES string of the molecule is CCCOC(CCC)CN1CCC2(CC1)CCN(c1ccccc1)C2=O. The van der Waals surface area contributed by atoms with Crippen LogP contribution in [0.1, 0.15) is 52.4 Å². The van der Waals surface area contributed by atoms with Crippen LogP contribution >= 0.6 is 0 Å². The molecule has 0 aromatic heterocycles. The second-order valence-corrected chi connectivity index (χ2v) is 7.90. The van der Waals surface area contributed by atoms with Gasteiger partial charge in [0.15, 0.2) is 0 Å². The van der Waals surface area contributed by atoms with Crippen molar-refractivity contribution in [3.63, 3.8) is 0 Å².